The molecule has 90 valence electrons. The number of carbonyl (C=O) groups is 1. The van der Waals surface area contributed by atoms with Crippen LogP contribution in [0.2, 0.25) is 0 Å². The molecule has 0 bridgehead atoms. The second-order valence-corrected chi connectivity index (χ2v) is 3.23. The molecule has 1 amide bonds. The third-order valence-electron chi connectivity index (χ3n) is 2.24. The number of benzene rings is 1. The monoisotopic (exact) mass is 239 g/mol. The zero-order valence-corrected chi connectivity index (χ0v) is 9.09. The van der Waals surface area contributed by atoms with Crippen LogP contribution in [0.4, 0.5) is 11.4 Å². The van der Waals surface area contributed by atoms with Crippen molar-refractivity contribution in [1.29, 1.82) is 0 Å². The lowest BCUT2D eigenvalue weighted by molar-refractivity contribution is -0.395. The van der Waals surface area contributed by atoms with Crippen molar-refractivity contribution in [3.8, 4) is 0 Å². The summed E-state index contributed by atoms with van der Waals surface area (Å²) in [5.74, 6) is -0.615. The van der Waals surface area contributed by atoms with E-state index in [1.165, 1.54) is 14.0 Å². The Kier molecular flexibility index (Phi) is 3.37. The predicted octanol–water partition coefficient (Wildman–Crippen LogP) is 1.17. The van der Waals surface area contributed by atoms with Crippen molar-refractivity contribution < 1.29 is 14.6 Å². The fraction of sp³-hybridized carbons (Fsp3) is 0.222. The molecule has 8 nitrogen and oxygen atoms in total. The second kappa shape index (κ2) is 4.56. The van der Waals surface area contributed by atoms with Gasteiger partial charge in [-0.05, 0) is 6.92 Å². The van der Waals surface area contributed by atoms with E-state index in [4.69, 9.17) is 0 Å². The third kappa shape index (κ3) is 2.36. The van der Waals surface area contributed by atoms with Crippen LogP contribution in [-0.4, -0.2) is 22.8 Å². The van der Waals surface area contributed by atoms with Gasteiger partial charge in [0, 0.05) is 19.2 Å². The first-order valence-corrected chi connectivity index (χ1v) is 4.54. The summed E-state index contributed by atoms with van der Waals surface area (Å²) in [5, 5.41) is 23.7. The van der Waals surface area contributed by atoms with E-state index in [-0.39, 0.29) is 11.1 Å². The van der Waals surface area contributed by atoms with Crippen LogP contribution in [0.3, 0.4) is 0 Å². The van der Waals surface area contributed by atoms with Gasteiger partial charge in [0.25, 0.3) is 17.3 Å². The van der Waals surface area contributed by atoms with Gasteiger partial charge >= 0.3 is 0 Å². The standard InChI is InChI=1S/C9H9N3O5/c1-5-7(11(14)15)3-6(9(13)10-2)4-8(5)12(16)17/h3-4H,1-2H3,(H,10,13). The number of nitrogens with one attached hydrogen (secondary N) is 1. The van der Waals surface area contributed by atoms with Gasteiger partial charge in [0.2, 0.25) is 0 Å². The Bertz CT molecular complexity index is 476. The van der Waals surface area contributed by atoms with E-state index in [9.17, 15) is 25.0 Å². The number of nitrogens with zero attached hydrogens (tertiary/aromatic N) is 2. The fourth-order valence-corrected chi connectivity index (χ4v) is 1.34. The molecule has 0 aliphatic heterocycles. The topological polar surface area (TPSA) is 115 Å². The summed E-state index contributed by atoms with van der Waals surface area (Å²) in [6, 6.07) is 2.03. The zero-order valence-electron chi connectivity index (χ0n) is 9.09. The average molecular weight is 239 g/mol. The summed E-state index contributed by atoms with van der Waals surface area (Å²) < 4.78 is 0. The maximum Gasteiger partial charge on any atom is 0.279 e. The highest BCUT2D eigenvalue weighted by atomic mass is 16.6. The van der Waals surface area contributed by atoms with Crippen molar-refractivity contribution in [2.24, 2.45) is 0 Å². The SMILES string of the molecule is CNC(=O)c1cc([N+](=O)[O-])c(C)c([N+](=O)[O-])c1. The Labute approximate surface area is 95.5 Å². The molecule has 0 radical (unpaired) electrons. The molecular formula is C9H9N3O5. The molecule has 8 heteroatoms. The molecule has 0 saturated carbocycles. The largest absolute Gasteiger partial charge is 0.355 e. The molecule has 1 N–H and O–H groups in total. The van der Waals surface area contributed by atoms with Crippen molar-refractivity contribution in [3.63, 3.8) is 0 Å². The van der Waals surface area contributed by atoms with Crippen molar-refractivity contribution >= 4 is 17.3 Å². The van der Waals surface area contributed by atoms with Crippen LogP contribution in [0.15, 0.2) is 12.1 Å². The quantitative estimate of drug-likeness (QED) is 0.627. The molecule has 1 rings (SSSR count). The Morgan fingerprint density at radius 1 is 1.18 bits per heavy atom. The number of carbonyl (C=O) groups excluding carboxylic acids is 1. The van der Waals surface area contributed by atoms with Gasteiger partial charge in [-0.15, -0.1) is 0 Å². The van der Waals surface area contributed by atoms with Gasteiger partial charge in [-0.1, -0.05) is 0 Å². The van der Waals surface area contributed by atoms with Crippen LogP contribution in [-0.2, 0) is 0 Å². The van der Waals surface area contributed by atoms with E-state index in [1.807, 2.05) is 0 Å². The highest BCUT2D eigenvalue weighted by Gasteiger charge is 2.24. The van der Waals surface area contributed by atoms with E-state index < -0.39 is 27.1 Å². The Morgan fingerprint density at radius 2 is 1.59 bits per heavy atom. The molecule has 0 spiro atoms. The number of hydrogen-bond acceptors (Lipinski definition) is 5. The smallest absolute Gasteiger partial charge is 0.279 e. The first kappa shape index (κ1) is 12.6. The Balaban J connectivity index is 3.52. The molecule has 1 aromatic rings. The van der Waals surface area contributed by atoms with Gasteiger partial charge in [0.05, 0.1) is 15.4 Å². The zero-order chi connectivity index (χ0) is 13.2. The lowest BCUT2D eigenvalue weighted by Crippen LogP contribution is -2.18. The van der Waals surface area contributed by atoms with E-state index in [0.717, 1.165) is 12.1 Å². The molecule has 0 atom stereocenters. The molecule has 0 heterocycles. The van der Waals surface area contributed by atoms with Gasteiger partial charge in [0.1, 0.15) is 5.56 Å². The molecule has 0 aliphatic carbocycles. The number of nitro benzene ring substituents is 2. The summed E-state index contributed by atoms with van der Waals surface area (Å²) >= 11 is 0. The second-order valence-electron chi connectivity index (χ2n) is 3.23. The predicted molar refractivity (Wildman–Crippen MR) is 57.9 cm³/mol. The molecule has 17 heavy (non-hydrogen) atoms. The van der Waals surface area contributed by atoms with E-state index in [1.54, 1.807) is 0 Å². The molecule has 0 fully saturated rings. The van der Waals surface area contributed by atoms with E-state index >= 15 is 0 Å². The van der Waals surface area contributed by atoms with Crippen LogP contribution in [0.25, 0.3) is 0 Å². The van der Waals surface area contributed by atoms with E-state index in [2.05, 4.69) is 5.32 Å². The van der Waals surface area contributed by atoms with Gasteiger partial charge in [-0.3, -0.25) is 25.0 Å². The first-order valence-electron chi connectivity index (χ1n) is 4.54. The van der Waals surface area contributed by atoms with Crippen LogP contribution in [0, 0.1) is 27.2 Å². The summed E-state index contributed by atoms with van der Waals surface area (Å²) in [4.78, 5) is 31.2. The number of hydrogen-bond donors (Lipinski definition) is 1. The average Bonchev–Trinajstić information content (AvgIpc) is 2.27. The normalized spacial score (nSPS) is 9.76. The van der Waals surface area contributed by atoms with Gasteiger partial charge < -0.3 is 5.32 Å². The van der Waals surface area contributed by atoms with Crippen LogP contribution < -0.4 is 5.32 Å². The number of amides is 1. The number of rotatable bonds is 3. The van der Waals surface area contributed by atoms with Crippen LogP contribution >= 0.6 is 0 Å². The van der Waals surface area contributed by atoms with Crippen molar-refractivity contribution in [2.75, 3.05) is 7.05 Å². The minimum atomic E-state index is -0.755. The molecule has 0 aromatic heterocycles. The molecular weight excluding hydrogens is 230 g/mol. The molecule has 0 saturated heterocycles. The Hall–Kier alpha value is -2.51. The third-order valence-corrected chi connectivity index (χ3v) is 2.24. The fourth-order valence-electron chi connectivity index (χ4n) is 1.34. The molecule has 0 unspecified atom stereocenters. The maximum atomic E-state index is 11.3. The highest BCUT2D eigenvalue weighted by molar-refractivity contribution is 5.95. The molecule has 0 aliphatic rings. The van der Waals surface area contributed by atoms with Crippen LogP contribution in [0.1, 0.15) is 15.9 Å². The highest BCUT2D eigenvalue weighted by Crippen LogP contribution is 2.29. The summed E-state index contributed by atoms with van der Waals surface area (Å²) in [6.07, 6.45) is 0. The van der Waals surface area contributed by atoms with Crippen molar-refractivity contribution in [1.82, 2.24) is 5.32 Å². The number of nitro groups is 2. The van der Waals surface area contributed by atoms with Crippen molar-refractivity contribution in [2.45, 2.75) is 6.92 Å². The van der Waals surface area contributed by atoms with Gasteiger partial charge in [-0.2, -0.15) is 0 Å². The minimum Gasteiger partial charge on any atom is -0.355 e. The summed E-state index contributed by atoms with van der Waals surface area (Å²) in [7, 11) is 1.33. The summed E-state index contributed by atoms with van der Waals surface area (Å²) in [6.45, 7) is 1.27. The van der Waals surface area contributed by atoms with Gasteiger partial charge in [-0.25, -0.2) is 0 Å². The van der Waals surface area contributed by atoms with Gasteiger partial charge in [0.15, 0.2) is 0 Å². The summed E-state index contributed by atoms with van der Waals surface area (Å²) in [5.41, 5.74) is -1.08. The Morgan fingerprint density at radius 3 is 1.88 bits per heavy atom. The lowest BCUT2D eigenvalue weighted by Gasteiger charge is -2.03. The van der Waals surface area contributed by atoms with E-state index in [0.29, 0.717) is 0 Å². The molecule has 1 aromatic carbocycles. The maximum absolute atomic E-state index is 11.3. The van der Waals surface area contributed by atoms with Crippen molar-refractivity contribution in [3.05, 3.63) is 43.5 Å². The van der Waals surface area contributed by atoms with Crippen LogP contribution in [0.5, 0.6) is 0 Å². The lowest BCUT2D eigenvalue weighted by atomic mass is 10.1. The first-order chi connectivity index (χ1) is 7.88. The minimum absolute atomic E-state index is 0.0762.